The maximum Gasteiger partial charge on any atom is 0.231 e. The van der Waals surface area contributed by atoms with E-state index in [0.29, 0.717) is 12.6 Å². The van der Waals surface area contributed by atoms with Gasteiger partial charge in [0.15, 0.2) is 0 Å². The van der Waals surface area contributed by atoms with Crippen LogP contribution in [0.25, 0.3) is 0 Å². The fourth-order valence-corrected chi connectivity index (χ4v) is 1.32. The van der Waals surface area contributed by atoms with Gasteiger partial charge in [0, 0.05) is 6.04 Å². The van der Waals surface area contributed by atoms with Crippen molar-refractivity contribution in [1.29, 1.82) is 0 Å². The second-order valence-corrected chi connectivity index (χ2v) is 3.17. The lowest BCUT2D eigenvalue weighted by Crippen LogP contribution is -2.35. The molecule has 1 aliphatic rings. The number of hydrogen-bond donors (Lipinski definition) is 1. The minimum absolute atomic E-state index is 0.203. The largest absolute Gasteiger partial charge is 0.369 e. The number of carbonyl (C=O) groups is 1. The summed E-state index contributed by atoms with van der Waals surface area (Å²) in [6, 6.07) is 0.655. The molecule has 64 valence electrons. The maximum atomic E-state index is 10.6. The average Bonchev–Trinajstić information content (AvgIpc) is 2.66. The summed E-state index contributed by atoms with van der Waals surface area (Å²) in [6.07, 6.45) is 3.59. The Bertz CT molecular complexity index is 143. The van der Waals surface area contributed by atoms with Gasteiger partial charge in [-0.2, -0.15) is 0 Å². The SMILES string of the molecule is CCCN(CC(N)=O)C1CC1. The zero-order chi connectivity index (χ0) is 8.27. The van der Waals surface area contributed by atoms with Crippen LogP contribution in [0.1, 0.15) is 26.2 Å². The Morgan fingerprint density at radius 3 is 2.64 bits per heavy atom. The van der Waals surface area contributed by atoms with Gasteiger partial charge in [-0.15, -0.1) is 0 Å². The van der Waals surface area contributed by atoms with Crippen LogP contribution in [0, 0.1) is 0 Å². The second kappa shape index (κ2) is 3.72. The lowest BCUT2D eigenvalue weighted by atomic mass is 10.4. The highest BCUT2D eigenvalue weighted by Gasteiger charge is 2.28. The molecule has 0 spiro atoms. The van der Waals surface area contributed by atoms with E-state index in [4.69, 9.17) is 5.73 Å². The Labute approximate surface area is 67.5 Å². The van der Waals surface area contributed by atoms with Crippen molar-refractivity contribution in [2.45, 2.75) is 32.2 Å². The summed E-state index contributed by atoms with van der Waals surface area (Å²) in [5.74, 6) is -0.203. The molecule has 0 heterocycles. The highest BCUT2D eigenvalue weighted by atomic mass is 16.1. The lowest BCUT2D eigenvalue weighted by Gasteiger charge is -2.18. The molecule has 1 aliphatic carbocycles. The predicted molar refractivity (Wildman–Crippen MR) is 44.1 cm³/mol. The molecule has 0 aromatic rings. The molecule has 0 radical (unpaired) electrons. The van der Waals surface area contributed by atoms with Crippen LogP contribution < -0.4 is 5.73 Å². The van der Waals surface area contributed by atoms with Gasteiger partial charge in [-0.05, 0) is 25.8 Å². The van der Waals surface area contributed by atoms with Crippen LogP contribution in [0.5, 0.6) is 0 Å². The second-order valence-electron chi connectivity index (χ2n) is 3.17. The average molecular weight is 156 g/mol. The summed E-state index contributed by atoms with van der Waals surface area (Å²) < 4.78 is 0. The van der Waals surface area contributed by atoms with Gasteiger partial charge in [0.1, 0.15) is 0 Å². The van der Waals surface area contributed by atoms with E-state index in [2.05, 4.69) is 11.8 Å². The molecule has 1 amide bonds. The Morgan fingerprint density at radius 1 is 1.64 bits per heavy atom. The molecule has 1 rings (SSSR count). The van der Waals surface area contributed by atoms with Crippen LogP contribution in [0.15, 0.2) is 0 Å². The van der Waals surface area contributed by atoms with Crippen LogP contribution >= 0.6 is 0 Å². The van der Waals surface area contributed by atoms with Crippen LogP contribution in [0.4, 0.5) is 0 Å². The first-order chi connectivity index (χ1) is 5.24. The van der Waals surface area contributed by atoms with E-state index in [9.17, 15) is 4.79 Å². The Balaban J connectivity index is 2.26. The van der Waals surface area contributed by atoms with E-state index in [1.54, 1.807) is 0 Å². The van der Waals surface area contributed by atoms with Gasteiger partial charge in [0.05, 0.1) is 6.54 Å². The third-order valence-electron chi connectivity index (χ3n) is 1.93. The zero-order valence-corrected chi connectivity index (χ0v) is 7.05. The molecule has 0 unspecified atom stereocenters. The quantitative estimate of drug-likeness (QED) is 0.624. The summed E-state index contributed by atoms with van der Waals surface area (Å²) >= 11 is 0. The van der Waals surface area contributed by atoms with Crippen molar-refractivity contribution in [3.63, 3.8) is 0 Å². The highest BCUT2D eigenvalue weighted by molar-refractivity contribution is 5.76. The van der Waals surface area contributed by atoms with Crippen molar-refractivity contribution >= 4 is 5.91 Å². The Kier molecular flexibility index (Phi) is 2.88. The predicted octanol–water partition coefficient (Wildman–Crippen LogP) is 0.346. The number of carbonyl (C=O) groups excluding carboxylic acids is 1. The first kappa shape index (κ1) is 8.53. The van der Waals surface area contributed by atoms with Gasteiger partial charge in [0.25, 0.3) is 0 Å². The summed E-state index contributed by atoms with van der Waals surface area (Å²) in [6.45, 7) is 3.57. The van der Waals surface area contributed by atoms with Crippen LogP contribution in [-0.4, -0.2) is 29.9 Å². The molecule has 1 saturated carbocycles. The van der Waals surface area contributed by atoms with E-state index in [0.717, 1.165) is 13.0 Å². The third-order valence-corrected chi connectivity index (χ3v) is 1.93. The summed E-state index contributed by atoms with van der Waals surface area (Å²) in [4.78, 5) is 12.8. The molecule has 0 bridgehead atoms. The molecule has 0 aromatic heterocycles. The fraction of sp³-hybridized carbons (Fsp3) is 0.875. The molecular weight excluding hydrogens is 140 g/mol. The van der Waals surface area contributed by atoms with E-state index < -0.39 is 0 Å². The van der Waals surface area contributed by atoms with Crippen molar-refractivity contribution in [3.8, 4) is 0 Å². The molecule has 3 nitrogen and oxygen atoms in total. The molecule has 2 N–H and O–H groups in total. The summed E-state index contributed by atoms with van der Waals surface area (Å²) in [5, 5.41) is 0. The van der Waals surface area contributed by atoms with Gasteiger partial charge in [-0.1, -0.05) is 6.92 Å². The van der Waals surface area contributed by atoms with E-state index in [-0.39, 0.29) is 5.91 Å². The molecule has 1 fully saturated rings. The molecule has 0 aromatic carbocycles. The van der Waals surface area contributed by atoms with Crippen molar-refractivity contribution in [1.82, 2.24) is 4.90 Å². The Morgan fingerprint density at radius 2 is 2.27 bits per heavy atom. The normalized spacial score (nSPS) is 17.3. The Hall–Kier alpha value is -0.570. The standard InChI is InChI=1S/C8H16N2O/c1-2-5-10(6-8(9)11)7-3-4-7/h7H,2-6H2,1H3,(H2,9,11). The van der Waals surface area contributed by atoms with E-state index in [1.165, 1.54) is 12.8 Å². The van der Waals surface area contributed by atoms with Crippen LogP contribution in [0.2, 0.25) is 0 Å². The number of amides is 1. The van der Waals surface area contributed by atoms with Gasteiger partial charge in [-0.25, -0.2) is 0 Å². The van der Waals surface area contributed by atoms with Gasteiger partial charge in [0.2, 0.25) is 5.91 Å². The number of hydrogen-bond acceptors (Lipinski definition) is 2. The van der Waals surface area contributed by atoms with Crippen LogP contribution in [0.3, 0.4) is 0 Å². The molecule has 0 atom stereocenters. The minimum Gasteiger partial charge on any atom is -0.369 e. The first-order valence-corrected chi connectivity index (χ1v) is 4.26. The maximum absolute atomic E-state index is 10.6. The lowest BCUT2D eigenvalue weighted by molar-refractivity contribution is -0.119. The number of rotatable bonds is 5. The fourth-order valence-electron chi connectivity index (χ4n) is 1.32. The summed E-state index contributed by atoms with van der Waals surface area (Å²) in [7, 11) is 0. The van der Waals surface area contributed by atoms with Gasteiger partial charge >= 0.3 is 0 Å². The number of nitrogens with zero attached hydrogens (tertiary/aromatic N) is 1. The molecular formula is C8H16N2O. The third kappa shape index (κ3) is 2.89. The first-order valence-electron chi connectivity index (χ1n) is 4.26. The molecule has 0 saturated heterocycles. The molecule has 0 aliphatic heterocycles. The van der Waals surface area contributed by atoms with Crippen LogP contribution in [-0.2, 0) is 4.79 Å². The van der Waals surface area contributed by atoms with Crippen molar-refractivity contribution in [3.05, 3.63) is 0 Å². The van der Waals surface area contributed by atoms with Crippen molar-refractivity contribution < 1.29 is 4.79 Å². The minimum atomic E-state index is -0.203. The zero-order valence-electron chi connectivity index (χ0n) is 7.05. The van der Waals surface area contributed by atoms with Gasteiger partial charge in [-0.3, -0.25) is 9.69 Å². The number of nitrogens with two attached hydrogens (primary N) is 1. The van der Waals surface area contributed by atoms with Crippen molar-refractivity contribution in [2.75, 3.05) is 13.1 Å². The van der Waals surface area contributed by atoms with E-state index in [1.807, 2.05) is 0 Å². The highest BCUT2D eigenvalue weighted by Crippen LogP contribution is 2.26. The van der Waals surface area contributed by atoms with E-state index >= 15 is 0 Å². The van der Waals surface area contributed by atoms with Gasteiger partial charge < -0.3 is 5.73 Å². The molecule has 3 heteroatoms. The smallest absolute Gasteiger partial charge is 0.231 e. The number of primary amides is 1. The monoisotopic (exact) mass is 156 g/mol. The topological polar surface area (TPSA) is 46.3 Å². The molecule has 11 heavy (non-hydrogen) atoms. The van der Waals surface area contributed by atoms with Crippen molar-refractivity contribution in [2.24, 2.45) is 5.73 Å². The summed E-state index contributed by atoms with van der Waals surface area (Å²) in [5.41, 5.74) is 5.11.